The number of hydrogen-bond donors (Lipinski definition) is 0. The van der Waals surface area contributed by atoms with Crippen molar-refractivity contribution in [1.29, 1.82) is 0 Å². The Morgan fingerprint density at radius 1 is 1.08 bits per heavy atom. The van der Waals surface area contributed by atoms with Gasteiger partial charge in [-0.1, -0.05) is 47.5 Å². The van der Waals surface area contributed by atoms with E-state index in [1.54, 1.807) is 6.07 Å². The summed E-state index contributed by atoms with van der Waals surface area (Å²) in [6.45, 7) is 1.62. The molecule has 0 saturated carbocycles. The number of hydrogen-bond acceptors (Lipinski definition) is 2. The highest BCUT2D eigenvalue weighted by Gasteiger charge is 2.37. The van der Waals surface area contributed by atoms with Crippen molar-refractivity contribution < 1.29 is 4.79 Å². The van der Waals surface area contributed by atoms with Crippen molar-refractivity contribution in [2.45, 2.75) is 50.6 Å². The lowest BCUT2D eigenvalue weighted by Gasteiger charge is -2.30. The number of halogens is 2. The summed E-state index contributed by atoms with van der Waals surface area (Å²) in [6, 6.07) is 14.0. The Labute approximate surface area is 165 Å². The molecule has 1 aliphatic carbocycles. The smallest absolute Gasteiger partial charge is 0.157 e. The van der Waals surface area contributed by atoms with Gasteiger partial charge in [-0.3, -0.25) is 9.69 Å². The highest BCUT2D eigenvalue weighted by molar-refractivity contribution is 6.33. The normalized spacial score (nSPS) is 23.0. The van der Waals surface area contributed by atoms with Gasteiger partial charge in [-0.25, -0.2) is 0 Å². The van der Waals surface area contributed by atoms with Crippen molar-refractivity contribution in [3.8, 4) is 0 Å². The molecule has 4 rings (SSSR count). The molecule has 0 N–H and O–H groups in total. The Balaban J connectivity index is 1.55. The fourth-order valence-corrected chi connectivity index (χ4v) is 4.87. The minimum Gasteiger partial charge on any atom is -0.297 e. The molecule has 2 aromatic carbocycles. The molecule has 0 aromatic heterocycles. The maximum atomic E-state index is 13.4. The van der Waals surface area contributed by atoms with Gasteiger partial charge in [0.05, 0.1) is 6.04 Å². The quantitative estimate of drug-likeness (QED) is 0.675. The summed E-state index contributed by atoms with van der Waals surface area (Å²) in [7, 11) is 0. The first kappa shape index (κ1) is 18.0. The number of fused-ring (bicyclic) bond motifs is 1. The molecule has 1 aliphatic heterocycles. The van der Waals surface area contributed by atoms with Crippen molar-refractivity contribution in [3.63, 3.8) is 0 Å². The van der Waals surface area contributed by atoms with E-state index in [1.165, 1.54) is 11.1 Å². The Morgan fingerprint density at radius 2 is 1.92 bits per heavy atom. The van der Waals surface area contributed by atoms with E-state index in [0.717, 1.165) is 49.2 Å². The van der Waals surface area contributed by atoms with E-state index in [9.17, 15) is 4.79 Å². The van der Waals surface area contributed by atoms with Gasteiger partial charge < -0.3 is 0 Å². The van der Waals surface area contributed by atoms with Gasteiger partial charge in [0.15, 0.2) is 5.78 Å². The van der Waals surface area contributed by atoms with Crippen LogP contribution in [0.2, 0.25) is 10.0 Å². The molecule has 1 heterocycles. The number of nitrogens with zero attached hydrogens (tertiary/aromatic N) is 1. The van der Waals surface area contributed by atoms with Crippen molar-refractivity contribution in [1.82, 2.24) is 4.90 Å². The molecule has 1 saturated heterocycles. The van der Waals surface area contributed by atoms with Crippen LogP contribution < -0.4 is 0 Å². The lowest BCUT2D eigenvalue weighted by molar-refractivity contribution is -0.125. The third kappa shape index (κ3) is 3.55. The third-order valence-corrected chi connectivity index (χ3v) is 6.39. The minimum atomic E-state index is -0.0128. The Hall–Kier alpha value is -1.35. The molecule has 1 fully saturated rings. The van der Waals surface area contributed by atoms with Gasteiger partial charge in [-0.2, -0.15) is 0 Å². The van der Waals surface area contributed by atoms with Gasteiger partial charge >= 0.3 is 0 Å². The number of benzene rings is 2. The standard InChI is InChI=1S/C22H23Cl2NO/c23-17-10-11-20(24)16(13-17)14-25-12-4-9-21(25)22(26)19-8-3-6-15-5-1-2-7-18(15)19/h1-2,5,7,10-11,13,19,21H,3-4,6,8-9,12,14H2/t19?,21-/m0/s1. The van der Waals surface area contributed by atoms with Crippen molar-refractivity contribution in [2.24, 2.45) is 0 Å². The fourth-order valence-electron chi connectivity index (χ4n) is 4.50. The number of ketones is 1. The van der Waals surface area contributed by atoms with E-state index in [4.69, 9.17) is 23.2 Å². The van der Waals surface area contributed by atoms with Crippen LogP contribution in [0.15, 0.2) is 42.5 Å². The van der Waals surface area contributed by atoms with Gasteiger partial charge in [-0.05, 0) is 73.5 Å². The molecule has 0 bridgehead atoms. The summed E-state index contributed by atoms with van der Waals surface area (Å²) in [6.07, 6.45) is 5.16. The van der Waals surface area contributed by atoms with E-state index < -0.39 is 0 Å². The average Bonchev–Trinajstić information content (AvgIpc) is 3.12. The lowest BCUT2D eigenvalue weighted by atomic mass is 9.78. The van der Waals surface area contributed by atoms with Gasteiger partial charge in [-0.15, -0.1) is 0 Å². The molecule has 0 amide bonds. The van der Waals surface area contributed by atoms with E-state index in [2.05, 4.69) is 29.2 Å². The molecule has 136 valence electrons. The van der Waals surface area contributed by atoms with Crippen LogP contribution in [0.25, 0.3) is 0 Å². The molecule has 2 atom stereocenters. The second-order valence-corrected chi connectivity index (χ2v) is 8.25. The zero-order valence-corrected chi connectivity index (χ0v) is 16.3. The summed E-state index contributed by atoms with van der Waals surface area (Å²) < 4.78 is 0. The van der Waals surface area contributed by atoms with Gasteiger partial charge in [0.1, 0.15) is 0 Å². The second kappa shape index (κ2) is 7.72. The van der Waals surface area contributed by atoms with Crippen molar-refractivity contribution in [2.75, 3.05) is 6.54 Å². The minimum absolute atomic E-state index is 0.0128. The van der Waals surface area contributed by atoms with Crippen LogP contribution in [0, 0.1) is 0 Å². The third-order valence-electron chi connectivity index (χ3n) is 5.79. The predicted molar refractivity (Wildman–Crippen MR) is 107 cm³/mol. The van der Waals surface area contributed by atoms with E-state index in [-0.39, 0.29) is 12.0 Å². The topological polar surface area (TPSA) is 20.3 Å². The van der Waals surface area contributed by atoms with Gasteiger partial charge in [0, 0.05) is 22.5 Å². The summed E-state index contributed by atoms with van der Waals surface area (Å²) in [5.74, 6) is 0.424. The maximum absolute atomic E-state index is 13.4. The number of likely N-dealkylation sites (tertiary alicyclic amines) is 1. The van der Waals surface area contributed by atoms with Crippen LogP contribution in [0.3, 0.4) is 0 Å². The van der Waals surface area contributed by atoms with Crippen LogP contribution in [0.1, 0.15) is 48.3 Å². The highest BCUT2D eigenvalue weighted by atomic mass is 35.5. The molecule has 2 nitrogen and oxygen atoms in total. The largest absolute Gasteiger partial charge is 0.297 e. The summed E-state index contributed by atoms with van der Waals surface area (Å²) >= 11 is 12.5. The zero-order chi connectivity index (χ0) is 18.1. The lowest BCUT2D eigenvalue weighted by Crippen LogP contribution is -2.39. The van der Waals surface area contributed by atoms with Crippen LogP contribution in [0.4, 0.5) is 0 Å². The first-order valence-corrected chi connectivity index (χ1v) is 10.2. The molecule has 4 heteroatoms. The summed E-state index contributed by atoms with van der Waals surface area (Å²) in [4.78, 5) is 15.7. The summed E-state index contributed by atoms with van der Waals surface area (Å²) in [5.41, 5.74) is 3.60. The van der Waals surface area contributed by atoms with Gasteiger partial charge in [0.2, 0.25) is 0 Å². The Morgan fingerprint density at radius 3 is 2.81 bits per heavy atom. The SMILES string of the molecule is O=C(C1CCCc2ccccc21)[C@@H]1CCCN1Cc1cc(Cl)ccc1Cl. The first-order valence-electron chi connectivity index (χ1n) is 9.43. The molecule has 2 aliphatic rings. The fraction of sp³-hybridized carbons (Fsp3) is 0.409. The highest BCUT2D eigenvalue weighted by Crippen LogP contribution is 2.36. The van der Waals surface area contributed by atoms with Crippen LogP contribution in [0.5, 0.6) is 0 Å². The number of Topliss-reactive ketones (excluding diaryl/α,β-unsaturated/α-hetero) is 1. The number of aryl methyl sites for hydroxylation is 1. The zero-order valence-electron chi connectivity index (χ0n) is 14.8. The van der Waals surface area contributed by atoms with E-state index in [1.807, 2.05) is 12.1 Å². The van der Waals surface area contributed by atoms with Crippen LogP contribution in [-0.2, 0) is 17.8 Å². The van der Waals surface area contributed by atoms with Crippen LogP contribution in [-0.4, -0.2) is 23.3 Å². The number of carbonyl (C=O) groups excluding carboxylic acids is 1. The Kier molecular flexibility index (Phi) is 5.35. The average molecular weight is 388 g/mol. The van der Waals surface area contributed by atoms with Crippen molar-refractivity contribution >= 4 is 29.0 Å². The van der Waals surface area contributed by atoms with E-state index in [0.29, 0.717) is 17.4 Å². The van der Waals surface area contributed by atoms with E-state index >= 15 is 0 Å². The van der Waals surface area contributed by atoms with Crippen molar-refractivity contribution in [3.05, 3.63) is 69.2 Å². The Bertz CT molecular complexity index is 820. The maximum Gasteiger partial charge on any atom is 0.157 e. The number of carbonyl (C=O) groups is 1. The van der Waals surface area contributed by atoms with Crippen LogP contribution >= 0.6 is 23.2 Å². The molecule has 1 unspecified atom stereocenters. The molecule has 26 heavy (non-hydrogen) atoms. The molecule has 0 radical (unpaired) electrons. The molecular formula is C22H23Cl2NO. The van der Waals surface area contributed by atoms with Gasteiger partial charge in [0.25, 0.3) is 0 Å². The summed E-state index contributed by atoms with van der Waals surface area (Å²) in [5, 5.41) is 1.41. The number of rotatable bonds is 4. The molecule has 0 spiro atoms. The first-order chi connectivity index (χ1) is 12.6. The molecular weight excluding hydrogens is 365 g/mol. The molecule has 2 aromatic rings. The predicted octanol–water partition coefficient (Wildman–Crippen LogP) is 5.65. The second-order valence-electron chi connectivity index (χ2n) is 7.41. The monoisotopic (exact) mass is 387 g/mol.